The number of hydrogen-bond donors (Lipinski definition) is 1. The van der Waals surface area contributed by atoms with Crippen LogP contribution < -0.4 is 5.73 Å². The van der Waals surface area contributed by atoms with Gasteiger partial charge in [0.1, 0.15) is 5.82 Å². The van der Waals surface area contributed by atoms with Crippen LogP contribution >= 0.6 is 46.6 Å². The van der Waals surface area contributed by atoms with Crippen LogP contribution in [0.25, 0.3) is 0 Å². The second-order valence-corrected chi connectivity index (χ2v) is 5.80. The standard InChI is InChI=1S/C12H9Cl3N2S/c13-8-2-1-7(5-10(8)15)18-6-11-9(14)3-4-12(16)17-11/h1-5H,6H2,(H2,16,17). The summed E-state index contributed by atoms with van der Waals surface area (Å²) in [6.07, 6.45) is 0. The first kappa shape index (κ1) is 13.8. The van der Waals surface area contributed by atoms with E-state index in [2.05, 4.69) is 4.98 Å². The highest BCUT2D eigenvalue weighted by Crippen LogP contribution is 2.30. The fourth-order valence-corrected chi connectivity index (χ4v) is 2.82. The smallest absolute Gasteiger partial charge is 0.123 e. The van der Waals surface area contributed by atoms with Crippen LogP contribution in [0.4, 0.5) is 5.82 Å². The van der Waals surface area contributed by atoms with Crippen molar-refractivity contribution in [1.82, 2.24) is 4.98 Å². The summed E-state index contributed by atoms with van der Waals surface area (Å²) in [5, 5.41) is 1.69. The van der Waals surface area contributed by atoms with E-state index in [-0.39, 0.29) is 0 Å². The average Bonchev–Trinajstić information content (AvgIpc) is 2.34. The van der Waals surface area contributed by atoms with Gasteiger partial charge in [-0.1, -0.05) is 34.8 Å². The first-order chi connectivity index (χ1) is 8.56. The Hall–Kier alpha value is -0.610. The van der Waals surface area contributed by atoms with E-state index < -0.39 is 0 Å². The molecule has 2 rings (SSSR count). The van der Waals surface area contributed by atoms with Crippen molar-refractivity contribution in [3.63, 3.8) is 0 Å². The van der Waals surface area contributed by atoms with Crippen molar-refractivity contribution in [3.05, 3.63) is 51.1 Å². The Balaban J connectivity index is 2.11. The largest absolute Gasteiger partial charge is 0.384 e. The topological polar surface area (TPSA) is 38.9 Å². The lowest BCUT2D eigenvalue weighted by Crippen LogP contribution is -1.95. The molecule has 0 aliphatic carbocycles. The number of thioether (sulfide) groups is 1. The summed E-state index contributed by atoms with van der Waals surface area (Å²) < 4.78 is 0. The van der Waals surface area contributed by atoms with Crippen molar-refractivity contribution in [2.45, 2.75) is 10.6 Å². The molecule has 18 heavy (non-hydrogen) atoms. The number of pyridine rings is 1. The van der Waals surface area contributed by atoms with Crippen molar-refractivity contribution in [2.75, 3.05) is 5.73 Å². The Morgan fingerprint density at radius 2 is 1.72 bits per heavy atom. The molecule has 0 unspecified atom stereocenters. The Morgan fingerprint density at radius 3 is 2.44 bits per heavy atom. The molecular formula is C12H9Cl3N2S. The number of hydrogen-bond acceptors (Lipinski definition) is 3. The maximum Gasteiger partial charge on any atom is 0.123 e. The lowest BCUT2D eigenvalue weighted by molar-refractivity contribution is 1.18. The molecule has 0 aliphatic rings. The van der Waals surface area contributed by atoms with E-state index in [1.807, 2.05) is 12.1 Å². The predicted octanol–water partition coefficient (Wildman–Crippen LogP) is 4.92. The summed E-state index contributed by atoms with van der Waals surface area (Å²) in [5.41, 5.74) is 6.38. The van der Waals surface area contributed by atoms with Gasteiger partial charge >= 0.3 is 0 Å². The van der Waals surface area contributed by atoms with Crippen molar-refractivity contribution in [1.29, 1.82) is 0 Å². The normalized spacial score (nSPS) is 10.6. The number of aromatic nitrogens is 1. The van der Waals surface area contributed by atoms with Gasteiger partial charge in [0.05, 0.1) is 20.8 Å². The van der Waals surface area contributed by atoms with Gasteiger partial charge < -0.3 is 5.73 Å². The fraction of sp³-hybridized carbons (Fsp3) is 0.0833. The summed E-state index contributed by atoms with van der Waals surface area (Å²) in [5.74, 6) is 1.09. The third-order valence-electron chi connectivity index (χ3n) is 2.21. The molecule has 0 fully saturated rings. The average molecular weight is 320 g/mol. The number of nitrogen functional groups attached to an aromatic ring is 1. The highest BCUT2D eigenvalue weighted by Gasteiger charge is 2.05. The van der Waals surface area contributed by atoms with E-state index in [0.29, 0.717) is 26.6 Å². The van der Waals surface area contributed by atoms with Gasteiger partial charge in [0.25, 0.3) is 0 Å². The summed E-state index contributed by atoms with van der Waals surface area (Å²) in [6, 6.07) is 8.90. The molecule has 2 N–H and O–H groups in total. The number of nitrogens with zero attached hydrogens (tertiary/aromatic N) is 1. The minimum atomic E-state index is 0.462. The number of anilines is 1. The first-order valence-corrected chi connectivity index (χ1v) is 7.17. The quantitative estimate of drug-likeness (QED) is 0.816. The van der Waals surface area contributed by atoms with Gasteiger partial charge in [-0.15, -0.1) is 11.8 Å². The van der Waals surface area contributed by atoms with Crippen molar-refractivity contribution in [3.8, 4) is 0 Å². The summed E-state index contributed by atoms with van der Waals surface area (Å²) in [7, 11) is 0. The maximum absolute atomic E-state index is 6.04. The molecule has 0 amide bonds. The van der Waals surface area contributed by atoms with Crippen molar-refractivity contribution >= 4 is 52.4 Å². The molecular weight excluding hydrogens is 311 g/mol. The highest BCUT2D eigenvalue weighted by atomic mass is 35.5. The van der Waals surface area contributed by atoms with Crippen LogP contribution in [0.15, 0.2) is 35.2 Å². The Kier molecular flexibility index (Phi) is 4.62. The maximum atomic E-state index is 6.04. The molecule has 2 nitrogen and oxygen atoms in total. The van der Waals surface area contributed by atoms with E-state index >= 15 is 0 Å². The third kappa shape index (κ3) is 3.45. The number of rotatable bonds is 3. The zero-order valence-electron chi connectivity index (χ0n) is 9.16. The molecule has 0 aliphatic heterocycles. The van der Waals surface area contributed by atoms with Crippen LogP contribution in [0, 0.1) is 0 Å². The Bertz CT molecular complexity index is 575. The van der Waals surface area contributed by atoms with Gasteiger partial charge in [-0.25, -0.2) is 4.98 Å². The lowest BCUT2D eigenvalue weighted by atomic mass is 10.4. The second-order valence-electron chi connectivity index (χ2n) is 3.53. The van der Waals surface area contributed by atoms with Crippen LogP contribution in [0.1, 0.15) is 5.69 Å². The van der Waals surface area contributed by atoms with Gasteiger partial charge in [0, 0.05) is 10.6 Å². The molecule has 0 radical (unpaired) electrons. The van der Waals surface area contributed by atoms with Crippen LogP contribution in [0.3, 0.4) is 0 Å². The van der Waals surface area contributed by atoms with Crippen LogP contribution in [-0.2, 0) is 5.75 Å². The summed E-state index contributed by atoms with van der Waals surface area (Å²) >= 11 is 19.4. The monoisotopic (exact) mass is 318 g/mol. The zero-order valence-corrected chi connectivity index (χ0v) is 12.2. The number of halogens is 3. The summed E-state index contributed by atoms with van der Waals surface area (Å²) in [4.78, 5) is 5.20. The van der Waals surface area contributed by atoms with E-state index in [1.165, 1.54) is 0 Å². The molecule has 1 aromatic carbocycles. The van der Waals surface area contributed by atoms with Crippen LogP contribution in [0.2, 0.25) is 15.1 Å². The Labute approximate surface area is 124 Å². The van der Waals surface area contributed by atoms with Crippen LogP contribution in [-0.4, -0.2) is 4.98 Å². The van der Waals surface area contributed by atoms with Gasteiger partial charge in [-0.2, -0.15) is 0 Å². The second kappa shape index (κ2) is 6.02. The number of benzene rings is 1. The molecule has 6 heteroatoms. The van der Waals surface area contributed by atoms with Gasteiger partial charge in [0.2, 0.25) is 0 Å². The molecule has 94 valence electrons. The van der Waals surface area contributed by atoms with Crippen molar-refractivity contribution < 1.29 is 0 Å². The molecule has 0 atom stereocenters. The van der Waals surface area contributed by atoms with E-state index in [0.717, 1.165) is 10.6 Å². The van der Waals surface area contributed by atoms with E-state index in [9.17, 15) is 0 Å². The van der Waals surface area contributed by atoms with E-state index in [4.69, 9.17) is 40.5 Å². The Morgan fingerprint density at radius 1 is 1.00 bits per heavy atom. The minimum absolute atomic E-state index is 0.462. The van der Waals surface area contributed by atoms with Gasteiger partial charge in [-0.05, 0) is 30.3 Å². The summed E-state index contributed by atoms with van der Waals surface area (Å²) in [6.45, 7) is 0. The van der Waals surface area contributed by atoms with Crippen LogP contribution in [0.5, 0.6) is 0 Å². The van der Waals surface area contributed by atoms with Gasteiger partial charge in [0.15, 0.2) is 0 Å². The molecule has 1 heterocycles. The molecule has 2 aromatic rings. The third-order valence-corrected chi connectivity index (χ3v) is 4.29. The number of nitrogens with two attached hydrogens (primary N) is 1. The van der Waals surface area contributed by atoms with Crippen molar-refractivity contribution in [2.24, 2.45) is 0 Å². The molecule has 0 bridgehead atoms. The SMILES string of the molecule is Nc1ccc(Cl)c(CSc2ccc(Cl)c(Cl)c2)n1. The van der Waals surface area contributed by atoms with E-state index in [1.54, 1.807) is 30.0 Å². The molecule has 1 aromatic heterocycles. The predicted molar refractivity (Wildman–Crippen MR) is 79.7 cm³/mol. The first-order valence-electron chi connectivity index (χ1n) is 5.05. The minimum Gasteiger partial charge on any atom is -0.384 e. The highest BCUT2D eigenvalue weighted by molar-refractivity contribution is 7.98. The molecule has 0 spiro atoms. The zero-order chi connectivity index (χ0) is 13.1. The van der Waals surface area contributed by atoms with Gasteiger partial charge in [-0.3, -0.25) is 0 Å². The molecule has 0 saturated carbocycles. The fourth-order valence-electron chi connectivity index (χ4n) is 1.32. The molecule has 0 saturated heterocycles. The lowest BCUT2D eigenvalue weighted by Gasteiger charge is -2.05.